The normalized spacial score (nSPS) is 36.9. The van der Waals surface area contributed by atoms with Gasteiger partial charge in [-0.1, -0.05) is 12.8 Å². The number of rotatable bonds is 0. The van der Waals surface area contributed by atoms with E-state index in [0.717, 1.165) is 19.4 Å². The van der Waals surface area contributed by atoms with Crippen molar-refractivity contribution in [3.05, 3.63) is 0 Å². The van der Waals surface area contributed by atoms with Gasteiger partial charge in [-0.2, -0.15) is 0 Å². The van der Waals surface area contributed by atoms with E-state index in [1.54, 1.807) is 0 Å². The average Bonchev–Trinajstić information content (AvgIpc) is 2.73. The number of aliphatic hydroxyl groups is 1. The van der Waals surface area contributed by atoms with E-state index >= 15 is 0 Å². The monoisotopic (exact) mass is 224 g/mol. The van der Waals surface area contributed by atoms with E-state index in [0.29, 0.717) is 5.41 Å². The molecular weight excluding hydrogens is 200 g/mol. The second kappa shape index (κ2) is 3.99. The van der Waals surface area contributed by atoms with Gasteiger partial charge in [-0.25, -0.2) is 0 Å². The largest absolute Gasteiger partial charge is 0.393 e. The minimum absolute atomic E-state index is 0.0610. The molecule has 1 N–H and O–H groups in total. The SMILES string of the molecule is OC1CCOC2(CCC3(CCCC3)CC2)C1. The molecule has 0 bridgehead atoms. The highest BCUT2D eigenvalue weighted by molar-refractivity contribution is 4.98. The Labute approximate surface area is 98.4 Å². The Morgan fingerprint density at radius 1 is 0.938 bits per heavy atom. The minimum atomic E-state index is -0.105. The van der Waals surface area contributed by atoms with Crippen LogP contribution in [0.25, 0.3) is 0 Å². The lowest BCUT2D eigenvalue weighted by molar-refractivity contribution is -0.148. The van der Waals surface area contributed by atoms with Crippen molar-refractivity contribution < 1.29 is 9.84 Å². The molecule has 1 saturated heterocycles. The third-order valence-electron chi connectivity index (χ3n) is 5.35. The van der Waals surface area contributed by atoms with Crippen LogP contribution < -0.4 is 0 Å². The van der Waals surface area contributed by atoms with Gasteiger partial charge in [0.2, 0.25) is 0 Å². The third-order valence-corrected chi connectivity index (χ3v) is 5.35. The molecule has 3 rings (SSSR count). The molecule has 3 fully saturated rings. The van der Waals surface area contributed by atoms with Crippen molar-refractivity contribution in [3.8, 4) is 0 Å². The van der Waals surface area contributed by atoms with Gasteiger partial charge in [-0.3, -0.25) is 0 Å². The fraction of sp³-hybridized carbons (Fsp3) is 1.00. The van der Waals surface area contributed by atoms with Crippen molar-refractivity contribution in [2.45, 2.75) is 75.9 Å². The van der Waals surface area contributed by atoms with Crippen LogP contribution in [0.15, 0.2) is 0 Å². The smallest absolute Gasteiger partial charge is 0.0707 e. The summed E-state index contributed by atoms with van der Waals surface area (Å²) < 4.78 is 6.02. The van der Waals surface area contributed by atoms with Crippen LogP contribution >= 0.6 is 0 Å². The van der Waals surface area contributed by atoms with Crippen LogP contribution in [0, 0.1) is 5.41 Å². The summed E-state index contributed by atoms with van der Waals surface area (Å²) in [5.74, 6) is 0. The molecule has 0 amide bonds. The maximum atomic E-state index is 9.80. The van der Waals surface area contributed by atoms with Gasteiger partial charge in [0.1, 0.15) is 0 Å². The van der Waals surface area contributed by atoms with Crippen molar-refractivity contribution in [2.75, 3.05) is 6.61 Å². The minimum Gasteiger partial charge on any atom is -0.393 e. The van der Waals surface area contributed by atoms with Crippen molar-refractivity contribution >= 4 is 0 Å². The van der Waals surface area contributed by atoms with E-state index in [1.807, 2.05) is 0 Å². The van der Waals surface area contributed by atoms with Crippen LogP contribution in [0.1, 0.15) is 64.2 Å². The van der Waals surface area contributed by atoms with Crippen LogP contribution in [0.5, 0.6) is 0 Å². The van der Waals surface area contributed by atoms with E-state index in [2.05, 4.69) is 0 Å². The Kier molecular flexibility index (Phi) is 2.75. The first kappa shape index (κ1) is 11.0. The first-order valence-corrected chi connectivity index (χ1v) is 7.04. The maximum absolute atomic E-state index is 9.80. The Hall–Kier alpha value is -0.0800. The predicted molar refractivity (Wildman–Crippen MR) is 63.3 cm³/mol. The van der Waals surface area contributed by atoms with Gasteiger partial charge >= 0.3 is 0 Å². The molecule has 1 unspecified atom stereocenters. The molecule has 2 aliphatic carbocycles. The maximum Gasteiger partial charge on any atom is 0.0707 e. The number of hydrogen-bond donors (Lipinski definition) is 1. The van der Waals surface area contributed by atoms with Crippen LogP contribution in [-0.4, -0.2) is 23.4 Å². The van der Waals surface area contributed by atoms with E-state index in [1.165, 1.54) is 51.4 Å². The molecule has 92 valence electrons. The van der Waals surface area contributed by atoms with E-state index in [4.69, 9.17) is 4.74 Å². The van der Waals surface area contributed by atoms with Crippen LogP contribution in [0.3, 0.4) is 0 Å². The summed E-state index contributed by atoms with van der Waals surface area (Å²) in [6, 6.07) is 0. The lowest BCUT2D eigenvalue weighted by Crippen LogP contribution is -2.46. The Bertz CT molecular complexity index is 245. The molecule has 0 aromatic rings. The van der Waals surface area contributed by atoms with Crippen LogP contribution in [-0.2, 0) is 4.74 Å². The molecule has 3 aliphatic rings. The molecule has 16 heavy (non-hydrogen) atoms. The Balaban J connectivity index is 1.64. The lowest BCUT2D eigenvalue weighted by atomic mass is 9.66. The second-order valence-electron chi connectivity index (χ2n) is 6.39. The summed E-state index contributed by atoms with van der Waals surface area (Å²) in [4.78, 5) is 0. The lowest BCUT2D eigenvalue weighted by Gasteiger charge is -2.47. The molecule has 1 heterocycles. The fourth-order valence-electron chi connectivity index (χ4n) is 4.21. The summed E-state index contributed by atoms with van der Waals surface area (Å²) in [6.07, 6.45) is 12.5. The van der Waals surface area contributed by atoms with Gasteiger partial charge in [-0.05, 0) is 50.4 Å². The zero-order valence-electron chi connectivity index (χ0n) is 10.2. The summed E-state index contributed by atoms with van der Waals surface area (Å²) in [5.41, 5.74) is 0.739. The first-order valence-electron chi connectivity index (χ1n) is 7.04. The molecule has 0 radical (unpaired) electrons. The first-order chi connectivity index (χ1) is 7.72. The highest BCUT2D eigenvalue weighted by Crippen LogP contribution is 2.53. The van der Waals surface area contributed by atoms with E-state index < -0.39 is 0 Å². The van der Waals surface area contributed by atoms with Crippen molar-refractivity contribution in [1.82, 2.24) is 0 Å². The average molecular weight is 224 g/mol. The summed E-state index contributed by atoms with van der Waals surface area (Å²) >= 11 is 0. The van der Waals surface area contributed by atoms with Crippen molar-refractivity contribution in [2.24, 2.45) is 5.41 Å². The Morgan fingerprint density at radius 2 is 1.62 bits per heavy atom. The zero-order valence-corrected chi connectivity index (χ0v) is 10.2. The number of ether oxygens (including phenoxy) is 1. The van der Waals surface area contributed by atoms with Crippen LogP contribution in [0.2, 0.25) is 0 Å². The van der Waals surface area contributed by atoms with E-state index in [9.17, 15) is 5.11 Å². The molecule has 0 aromatic heterocycles. The molecule has 2 saturated carbocycles. The standard InChI is InChI=1S/C14H24O2/c15-12-3-10-16-14(11-12)8-6-13(7-9-14)4-1-2-5-13/h12,15H,1-11H2. The predicted octanol–water partition coefficient (Wildman–Crippen LogP) is 3.03. The van der Waals surface area contributed by atoms with Crippen LogP contribution in [0.4, 0.5) is 0 Å². The van der Waals surface area contributed by atoms with Crippen molar-refractivity contribution in [3.63, 3.8) is 0 Å². The van der Waals surface area contributed by atoms with Gasteiger partial charge < -0.3 is 9.84 Å². The zero-order chi connectivity index (χ0) is 11.1. The molecule has 1 aliphatic heterocycles. The number of aliphatic hydroxyl groups excluding tert-OH is 1. The highest BCUT2D eigenvalue weighted by atomic mass is 16.5. The summed E-state index contributed by atoms with van der Waals surface area (Å²) in [7, 11) is 0. The van der Waals surface area contributed by atoms with E-state index in [-0.39, 0.29) is 11.7 Å². The third kappa shape index (κ3) is 1.91. The fourth-order valence-corrected chi connectivity index (χ4v) is 4.21. The van der Waals surface area contributed by atoms with Gasteiger partial charge in [-0.15, -0.1) is 0 Å². The molecular formula is C14H24O2. The quantitative estimate of drug-likeness (QED) is 0.685. The van der Waals surface area contributed by atoms with Crippen molar-refractivity contribution in [1.29, 1.82) is 0 Å². The molecule has 2 spiro atoms. The molecule has 2 nitrogen and oxygen atoms in total. The van der Waals surface area contributed by atoms with Gasteiger partial charge in [0.05, 0.1) is 11.7 Å². The topological polar surface area (TPSA) is 29.5 Å². The van der Waals surface area contributed by atoms with Gasteiger partial charge in [0.25, 0.3) is 0 Å². The molecule has 1 atom stereocenters. The molecule has 2 heteroatoms. The van der Waals surface area contributed by atoms with Gasteiger partial charge in [0.15, 0.2) is 0 Å². The van der Waals surface area contributed by atoms with Gasteiger partial charge in [0, 0.05) is 13.0 Å². The number of hydrogen-bond acceptors (Lipinski definition) is 2. The summed E-state index contributed by atoms with van der Waals surface area (Å²) in [6.45, 7) is 0.772. The Morgan fingerprint density at radius 3 is 2.25 bits per heavy atom. The second-order valence-corrected chi connectivity index (χ2v) is 6.39. The summed E-state index contributed by atoms with van der Waals surface area (Å²) in [5, 5.41) is 9.80. The highest BCUT2D eigenvalue weighted by Gasteiger charge is 2.46. The molecule has 0 aromatic carbocycles.